The van der Waals surface area contributed by atoms with E-state index in [9.17, 15) is 9.59 Å². The summed E-state index contributed by atoms with van der Waals surface area (Å²) in [4.78, 5) is 26.3. The van der Waals surface area contributed by atoms with Gasteiger partial charge < -0.3 is 5.73 Å². The van der Waals surface area contributed by atoms with Crippen LogP contribution in [0.4, 0.5) is 5.69 Å². The Morgan fingerprint density at radius 1 is 1.24 bits per heavy atom. The molecular weight excluding hydrogens is 264 g/mol. The van der Waals surface area contributed by atoms with E-state index in [1.54, 1.807) is 4.90 Å². The summed E-state index contributed by atoms with van der Waals surface area (Å²) in [5.41, 5.74) is 7.40. The fourth-order valence-corrected chi connectivity index (χ4v) is 3.17. The SMILES string of the molecule is CCCC(CCC)C(=O)N1c2ccccc2CC1C(N)=O. The van der Waals surface area contributed by atoms with Crippen LogP contribution in [0.5, 0.6) is 0 Å². The number of primary amides is 1. The molecule has 2 amide bonds. The summed E-state index contributed by atoms with van der Waals surface area (Å²) in [6, 6.07) is 7.17. The third-order valence-electron chi connectivity index (χ3n) is 4.17. The van der Waals surface area contributed by atoms with Gasteiger partial charge in [-0.25, -0.2) is 0 Å². The molecule has 1 heterocycles. The highest BCUT2D eigenvalue weighted by atomic mass is 16.2. The van der Waals surface area contributed by atoms with Crippen molar-refractivity contribution in [1.82, 2.24) is 0 Å². The third kappa shape index (κ3) is 3.09. The van der Waals surface area contributed by atoms with Crippen LogP contribution in [0.3, 0.4) is 0 Å². The number of nitrogens with two attached hydrogens (primary N) is 1. The molecule has 0 spiro atoms. The quantitative estimate of drug-likeness (QED) is 0.874. The first-order valence-electron chi connectivity index (χ1n) is 7.80. The third-order valence-corrected chi connectivity index (χ3v) is 4.17. The molecule has 1 aliphatic rings. The van der Waals surface area contributed by atoms with Crippen molar-refractivity contribution in [2.24, 2.45) is 11.7 Å². The lowest BCUT2D eigenvalue weighted by molar-refractivity contribution is -0.126. The van der Waals surface area contributed by atoms with Crippen molar-refractivity contribution in [2.75, 3.05) is 4.90 Å². The number of nitrogens with zero attached hydrogens (tertiary/aromatic N) is 1. The molecule has 2 rings (SSSR count). The maximum Gasteiger partial charge on any atom is 0.240 e. The average Bonchev–Trinajstić information content (AvgIpc) is 2.86. The molecule has 0 bridgehead atoms. The lowest BCUT2D eigenvalue weighted by Crippen LogP contribution is -2.48. The summed E-state index contributed by atoms with van der Waals surface area (Å²) >= 11 is 0. The number of hydrogen-bond acceptors (Lipinski definition) is 2. The van der Waals surface area contributed by atoms with Gasteiger partial charge in [-0.1, -0.05) is 44.9 Å². The highest BCUT2D eigenvalue weighted by Crippen LogP contribution is 2.34. The monoisotopic (exact) mass is 288 g/mol. The zero-order valence-electron chi connectivity index (χ0n) is 12.8. The van der Waals surface area contributed by atoms with Gasteiger partial charge in [-0.2, -0.15) is 0 Å². The average molecular weight is 288 g/mol. The van der Waals surface area contributed by atoms with Crippen molar-refractivity contribution >= 4 is 17.5 Å². The van der Waals surface area contributed by atoms with E-state index in [2.05, 4.69) is 13.8 Å². The predicted molar refractivity (Wildman–Crippen MR) is 83.9 cm³/mol. The molecule has 0 aromatic heterocycles. The summed E-state index contributed by atoms with van der Waals surface area (Å²) < 4.78 is 0. The van der Waals surface area contributed by atoms with Crippen molar-refractivity contribution in [1.29, 1.82) is 0 Å². The summed E-state index contributed by atoms with van der Waals surface area (Å²) in [5.74, 6) is -0.397. The number of fused-ring (bicyclic) bond motifs is 1. The Balaban J connectivity index is 2.33. The predicted octanol–water partition coefficient (Wildman–Crippen LogP) is 2.65. The second-order valence-corrected chi connectivity index (χ2v) is 5.73. The molecule has 2 N–H and O–H groups in total. The molecule has 0 fully saturated rings. The summed E-state index contributed by atoms with van der Waals surface area (Å²) in [6.07, 6.45) is 4.18. The van der Waals surface area contributed by atoms with Crippen LogP contribution >= 0.6 is 0 Å². The van der Waals surface area contributed by atoms with E-state index >= 15 is 0 Å². The smallest absolute Gasteiger partial charge is 0.240 e. The topological polar surface area (TPSA) is 63.4 Å². The Morgan fingerprint density at radius 2 is 1.86 bits per heavy atom. The van der Waals surface area contributed by atoms with Gasteiger partial charge in [-0.3, -0.25) is 14.5 Å². The van der Waals surface area contributed by atoms with Gasteiger partial charge in [0.2, 0.25) is 11.8 Å². The molecule has 1 aliphatic heterocycles. The minimum absolute atomic E-state index is 0.0204. The number of anilines is 1. The fourth-order valence-electron chi connectivity index (χ4n) is 3.17. The van der Waals surface area contributed by atoms with E-state index in [4.69, 9.17) is 5.73 Å². The molecule has 0 saturated carbocycles. The molecule has 1 atom stereocenters. The number of rotatable bonds is 6. The van der Waals surface area contributed by atoms with Crippen molar-refractivity contribution < 1.29 is 9.59 Å². The van der Waals surface area contributed by atoms with Crippen LogP contribution in [0.25, 0.3) is 0 Å². The van der Waals surface area contributed by atoms with Gasteiger partial charge in [0.05, 0.1) is 0 Å². The molecule has 0 saturated heterocycles. The molecule has 114 valence electrons. The zero-order chi connectivity index (χ0) is 15.4. The maximum atomic E-state index is 12.9. The zero-order valence-corrected chi connectivity index (χ0v) is 12.8. The van der Waals surface area contributed by atoms with Crippen LogP contribution in [0.2, 0.25) is 0 Å². The molecule has 21 heavy (non-hydrogen) atoms. The van der Waals surface area contributed by atoms with E-state index in [-0.39, 0.29) is 11.8 Å². The number of para-hydroxylation sites is 1. The fraction of sp³-hybridized carbons (Fsp3) is 0.529. The van der Waals surface area contributed by atoms with E-state index in [1.165, 1.54) is 0 Å². The van der Waals surface area contributed by atoms with E-state index in [0.29, 0.717) is 6.42 Å². The Bertz CT molecular complexity index is 521. The van der Waals surface area contributed by atoms with Crippen molar-refractivity contribution in [3.8, 4) is 0 Å². The largest absolute Gasteiger partial charge is 0.368 e. The number of benzene rings is 1. The number of carbonyl (C=O) groups is 2. The molecule has 1 aromatic carbocycles. The lowest BCUT2D eigenvalue weighted by Gasteiger charge is -2.28. The Morgan fingerprint density at radius 3 is 2.43 bits per heavy atom. The maximum absolute atomic E-state index is 12.9. The van der Waals surface area contributed by atoms with Crippen LogP contribution in [0.15, 0.2) is 24.3 Å². The van der Waals surface area contributed by atoms with Gasteiger partial charge >= 0.3 is 0 Å². The van der Waals surface area contributed by atoms with E-state index in [0.717, 1.165) is 36.9 Å². The lowest BCUT2D eigenvalue weighted by atomic mass is 9.96. The van der Waals surface area contributed by atoms with Crippen LogP contribution in [-0.4, -0.2) is 17.9 Å². The molecule has 0 aliphatic carbocycles. The van der Waals surface area contributed by atoms with Gasteiger partial charge in [0.15, 0.2) is 0 Å². The summed E-state index contributed by atoms with van der Waals surface area (Å²) in [5, 5.41) is 0. The Labute approximate surface area is 126 Å². The first kappa shape index (κ1) is 15.5. The van der Waals surface area contributed by atoms with E-state index < -0.39 is 11.9 Å². The first-order valence-corrected chi connectivity index (χ1v) is 7.80. The van der Waals surface area contributed by atoms with Gasteiger partial charge in [0.25, 0.3) is 0 Å². The molecule has 4 heteroatoms. The summed E-state index contributed by atoms with van der Waals surface area (Å²) in [7, 11) is 0. The first-order chi connectivity index (χ1) is 10.1. The number of carbonyl (C=O) groups excluding carboxylic acids is 2. The highest BCUT2D eigenvalue weighted by molar-refractivity contribution is 6.04. The van der Waals surface area contributed by atoms with Crippen LogP contribution in [-0.2, 0) is 16.0 Å². The standard InChI is InChI=1S/C17H24N2O2/c1-3-7-12(8-4-2)17(21)19-14-10-6-5-9-13(14)11-15(19)16(18)20/h5-6,9-10,12,15H,3-4,7-8,11H2,1-2H3,(H2,18,20). The Hall–Kier alpha value is -1.84. The number of amides is 2. The minimum Gasteiger partial charge on any atom is -0.368 e. The molecule has 1 unspecified atom stereocenters. The van der Waals surface area contributed by atoms with Crippen LogP contribution < -0.4 is 10.6 Å². The van der Waals surface area contributed by atoms with Crippen LogP contribution in [0, 0.1) is 5.92 Å². The molecule has 1 aromatic rings. The van der Waals surface area contributed by atoms with Crippen LogP contribution in [0.1, 0.15) is 45.1 Å². The van der Waals surface area contributed by atoms with Gasteiger partial charge in [-0.05, 0) is 24.5 Å². The minimum atomic E-state index is -0.536. The molecule has 0 radical (unpaired) electrons. The van der Waals surface area contributed by atoms with Gasteiger partial charge in [0.1, 0.15) is 6.04 Å². The number of hydrogen-bond donors (Lipinski definition) is 1. The normalized spacial score (nSPS) is 17.1. The molecular formula is C17H24N2O2. The second-order valence-electron chi connectivity index (χ2n) is 5.73. The second kappa shape index (κ2) is 6.74. The highest BCUT2D eigenvalue weighted by Gasteiger charge is 2.39. The Kier molecular flexibility index (Phi) is 4.99. The van der Waals surface area contributed by atoms with Crippen molar-refractivity contribution in [2.45, 2.75) is 52.0 Å². The molecule has 4 nitrogen and oxygen atoms in total. The van der Waals surface area contributed by atoms with Crippen molar-refractivity contribution in [3.63, 3.8) is 0 Å². The van der Waals surface area contributed by atoms with E-state index in [1.807, 2.05) is 24.3 Å². The van der Waals surface area contributed by atoms with Gasteiger partial charge in [0, 0.05) is 18.0 Å². The summed E-state index contributed by atoms with van der Waals surface area (Å²) in [6.45, 7) is 4.17. The van der Waals surface area contributed by atoms with Crippen molar-refractivity contribution in [3.05, 3.63) is 29.8 Å². The van der Waals surface area contributed by atoms with Gasteiger partial charge in [-0.15, -0.1) is 0 Å².